The molecule has 1 atom stereocenters. The molecular weight excluding hydrogens is 334 g/mol. The van der Waals surface area contributed by atoms with Crippen molar-refractivity contribution in [2.75, 3.05) is 23.3 Å². The van der Waals surface area contributed by atoms with Crippen LogP contribution < -0.4 is 10.2 Å². The topological polar surface area (TPSA) is 82.5 Å². The lowest BCUT2D eigenvalue weighted by atomic mass is 10.1. The van der Waals surface area contributed by atoms with Crippen LogP contribution in [0.25, 0.3) is 0 Å². The highest BCUT2D eigenvalue weighted by Crippen LogP contribution is 2.28. The second-order valence-electron chi connectivity index (χ2n) is 5.35. The molecule has 122 valence electrons. The molecule has 1 aromatic carbocycles. The fraction of sp³-hybridized carbons (Fsp3) is 0.333. The Labute approximate surface area is 140 Å². The highest BCUT2D eigenvalue weighted by atomic mass is 32.2. The van der Waals surface area contributed by atoms with Crippen LogP contribution in [0.1, 0.15) is 28.1 Å². The van der Waals surface area contributed by atoms with Crippen molar-refractivity contribution in [2.24, 2.45) is 0 Å². The van der Waals surface area contributed by atoms with Gasteiger partial charge in [-0.05, 0) is 38.0 Å². The fourth-order valence-corrected chi connectivity index (χ4v) is 3.68. The smallest absolute Gasteiger partial charge is 0.259 e. The van der Waals surface area contributed by atoms with Gasteiger partial charge in [-0.3, -0.25) is 10.1 Å². The monoisotopic (exact) mass is 351 g/mol. The van der Waals surface area contributed by atoms with E-state index in [4.69, 9.17) is 0 Å². The van der Waals surface area contributed by atoms with E-state index < -0.39 is 11.1 Å². The predicted octanol–water partition coefficient (Wildman–Crippen LogP) is 2.88. The molecule has 1 aromatic heterocycles. The molecule has 0 spiro atoms. The van der Waals surface area contributed by atoms with E-state index in [-0.39, 0.29) is 10.8 Å². The molecule has 1 fully saturated rings. The molecule has 1 amide bonds. The molecule has 8 heteroatoms. The second-order valence-corrected chi connectivity index (χ2v) is 7.56. The zero-order valence-corrected chi connectivity index (χ0v) is 14.2. The van der Waals surface area contributed by atoms with E-state index in [1.807, 2.05) is 6.92 Å². The molecule has 0 radical (unpaired) electrons. The predicted molar refractivity (Wildman–Crippen MR) is 91.7 cm³/mol. The summed E-state index contributed by atoms with van der Waals surface area (Å²) in [6.07, 6.45) is 3.86. The molecule has 0 bridgehead atoms. The number of amides is 1. The van der Waals surface area contributed by atoms with E-state index in [9.17, 15) is 13.6 Å². The third-order valence-corrected chi connectivity index (χ3v) is 5.19. The molecule has 2 heterocycles. The van der Waals surface area contributed by atoms with Gasteiger partial charge in [-0.15, -0.1) is 11.3 Å². The number of hydrogen-bond acceptors (Lipinski definition) is 5. The van der Waals surface area contributed by atoms with Crippen LogP contribution in [-0.2, 0) is 11.1 Å². The van der Waals surface area contributed by atoms with Crippen molar-refractivity contribution in [3.05, 3.63) is 34.8 Å². The minimum atomic E-state index is -2.12. The SMILES string of the molecule is Cc1cnc(NC(=O)c2cc(S(=O)O)ccc2N2CCCC2)s1. The van der Waals surface area contributed by atoms with E-state index in [1.54, 1.807) is 18.3 Å². The summed E-state index contributed by atoms with van der Waals surface area (Å²) in [7, 11) is 0. The number of nitrogens with one attached hydrogen (secondary N) is 1. The molecule has 0 aliphatic carbocycles. The van der Waals surface area contributed by atoms with E-state index in [0.29, 0.717) is 10.7 Å². The molecule has 3 rings (SSSR count). The summed E-state index contributed by atoms with van der Waals surface area (Å²) in [5.41, 5.74) is 1.20. The fourth-order valence-electron chi connectivity index (χ4n) is 2.62. The van der Waals surface area contributed by atoms with Crippen molar-refractivity contribution in [1.29, 1.82) is 0 Å². The van der Waals surface area contributed by atoms with E-state index >= 15 is 0 Å². The summed E-state index contributed by atoms with van der Waals surface area (Å²) in [5, 5.41) is 3.29. The molecule has 6 nitrogen and oxygen atoms in total. The standard InChI is InChI=1S/C15H17N3O3S2/c1-10-9-16-15(22-10)17-14(19)12-8-11(23(20)21)4-5-13(12)18-6-2-3-7-18/h4-5,8-9H,2-3,6-7H2,1H3,(H,20,21)(H,16,17,19). The minimum Gasteiger partial charge on any atom is -0.371 e. The van der Waals surface area contributed by atoms with Gasteiger partial charge in [0.1, 0.15) is 0 Å². The van der Waals surface area contributed by atoms with Gasteiger partial charge in [0, 0.05) is 29.9 Å². The van der Waals surface area contributed by atoms with E-state index in [0.717, 1.165) is 36.5 Å². The normalized spacial score (nSPS) is 15.7. The lowest BCUT2D eigenvalue weighted by molar-refractivity contribution is 0.102. The lowest BCUT2D eigenvalue weighted by Gasteiger charge is -2.21. The summed E-state index contributed by atoms with van der Waals surface area (Å²) in [6, 6.07) is 4.82. The number of anilines is 2. The summed E-state index contributed by atoms with van der Waals surface area (Å²) in [5.74, 6) is -0.312. The molecule has 23 heavy (non-hydrogen) atoms. The van der Waals surface area contributed by atoms with Crippen LogP contribution in [0.4, 0.5) is 10.8 Å². The first-order chi connectivity index (χ1) is 11.0. The Morgan fingerprint density at radius 1 is 1.39 bits per heavy atom. The number of benzene rings is 1. The summed E-state index contributed by atoms with van der Waals surface area (Å²) in [4.78, 5) is 20.1. The first-order valence-electron chi connectivity index (χ1n) is 7.28. The lowest BCUT2D eigenvalue weighted by Crippen LogP contribution is -2.23. The van der Waals surface area contributed by atoms with Gasteiger partial charge < -0.3 is 9.45 Å². The first kappa shape index (κ1) is 16.1. The molecule has 2 N–H and O–H groups in total. The van der Waals surface area contributed by atoms with Crippen LogP contribution in [0.5, 0.6) is 0 Å². The quantitative estimate of drug-likeness (QED) is 0.828. The average Bonchev–Trinajstić information content (AvgIpc) is 3.18. The van der Waals surface area contributed by atoms with Gasteiger partial charge in [0.25, 0.3) is 5.91 Å². The number of aromatic nitrogens is 1. The van der Waals surface area contributed by atoms with Gasteiger partial charge in [0.15, 0.2) is 16.2 Å². The van der Waals surface area contributed by atoms with Crippen molar-refractivity contribution >= 4 is 39.1 Å². The maximum absolute atomic E-state index is 12.6. The Kier molecular flexibility index (Phi) is 4.74. The first-order valence-corrected chi connectivity index (χ1v) is 9.20. The molecule has 1 unspecified atom stereocenters. The van der Waals surface area contributed by atoms with Crippen LogP contribution >= 0.6 is 11.3 Å². The number of aryl methyl sites for hydroxylation is 1. The van der Waals surface area contributed by atoms with Gasteiger partial charge in [-0.2, -0.15) is 0 Å². The molecule has 0 saturated carbocycles. The minimum absolute atomic E-state index is 0.216. The maximum atomic E-state index is 12.6. The van der Waals surface area contributed by atoms with Crippen molar-refractivity contribution in [1.82, 2.24) is 4.98 Å². The number of hydrogen-bond donors (Lipinski definition) is 2. The Balaban J connectivity index is 1.94. The van der Waals surface area contributed by atoms with Gasteiger partial charge in [0.05, 0.1) is 10.5 Å². The third kappa shape index (κ3) is 3.60. The number of carbonyl (C=O) groups excluding carboxylic acids is 1. The average molecular weight is 351 g/mol. The van der Waals surface area contributed by atoms with Crippen LogP contribution in [0.15, 0.2) is 29.3 Å². The number of nitrogens with zero attached hydrogens (tertiary/aromatic N) is 2. The van der Waals surface area contributed by atoms with Crippen LogP contribution in [0, 0.1) is 6.92 Å². The Morgan fingerprint density at radius 2 is 2.13 bits per heavy atom. The molecule has 1 aliphatic rings. The van der Waals surface area contributed by atoms with Gasteiger partial charge in [-0.1, -0.05) is 0 Å². The van der Waals surface area contributed by atoms with Crippen LogP contribution in [0.2, 0.25) is 0 Å². The van der Waals surface area contributed by atoms with Crippen molar-refractivity contribution in [2.45, 2.75) is 24.7 Å². The van der Waals surface area contributed by atoms with Crippen molar-refractivity contribution in [3.8, 4) is 0 Å². The Bertz CT molecular complexity index is 754. The highest BCUT2D eigenvalue weighted by molar-refractivity contribution is 7.79. The zero-order chi connectivity index (χ0) is 16.4. The summed E-state index contributed by atoms with van der Waals surface area (Å²) < 4.78 is 20.6. The molecular formula is C15H17N3O3S2. The number of rotatable bonds is 4. The summed E-state index contributed by atoms with van der Waals surface area (Å²) in [6.45, 7) is 3.69. The van der Waals surface area contributed by atoms with E-state index in [1.165, 1.54) is 17.4 Å². The number of thiazole rings is 1. The number of carbonyl (C=O) groups is 1. The highest BCUT2D eigenvalue weighted by Gasteiger charge is 2.21. The molecule has 2 aromatic rings. The maximum Gasteiger partial charge on any atom is 0.259 e. The summed E-state index contributed by atoms with van der Waals surface area (Å²) >= 11 is -0.726. The molecule has 1 aliphatic heterocycles. The largest absolute Gasteiger partial charge is 0.371 e. The van der Waals surface area contributed by atoms with E-state index in [2.05, 4.69) is 15.2 Å². The van der Waals surface area contributed by atoms with Crippen molar-refractivity contribution < 1.29 is 13.6 Å². The third-order valence-electron chi connectivity index (χ3n) is 3.70. The van der Waals surface area contributed by atoms with Crippen molar-refractivity contribution in [3.63, 3.8) is 0 Å². The second kappa shape index (κ2) is 6.77. The van der Waals surface area contributed by atoms with Crippen LogP contribution in [0.3, 0.4) is 0 Å². The van der Waals surface area contributed by atoms with Gasteiger partial charge >= 0.3 is 0 Å². The Morgan fingerprint density at radius 3 is 2.74 bits per heavy atom. The van der Waals surface area contributed by atoms with Crippen LogP contribution in [-0.4, -0.2) is 32.7 Å². The Hall–Kier alpha value is -1.77. The zero-order valence-electron chi connectivity index (χ0n) is 12.6. The van der Waals surface area contributed by atoms with Gasteiger partial charge in [-0.25, -0.2) is 9.19 Å². The van der Waals surface area contributed by atoms with Gasteiger partial charge in [0.2, 0.25) is 0 Å². The molecule has 1 saturated heterocycles.